The van der Waals surface area contributed by atoms with E-state index in [0.717, 1.165) is 23.4 Å². The summed E-state index contributed by atoms with van der Waals surface area (Å²) < 4.78 is 24.5. The van der Waals surface area contributed by atoms with Crippen LogP contribution in [0.4, 0.5) is 9.93 Å². The lowest BCUT2D eigenvalue weighted by Crippen LogP contribution is -2.50. The monoisotopic (exact) mass is 332 g/mol. The summed E-state index contributed by atoms with van der Waals surface area (Å²) in [5.41, 5.74) is 0.899. The summed E-state index contributed by atoms with van der Waals surface area (Å²) in [7, 11) is -3.20. The summed E-state index contributed by atoms with van der Waals surface area (Å²) >= 11 is 1.42. The Kier molecular flexibility index (Phi) is 4.84. The van der Waals surface area contributed by atoms with Crippen LogP contribution >= 0.6 is 11.3 Å². The minimum absolute atomic E-state index is 0.171. The van der Waals surface area contributed by atoms with E-state index in [1.807, 2.05) is 13.8 Å². The highest BCUT2D eigenvalue weighted by atomic mass is 32.2. The van der Waals surface area contributed by atoms with Crippen molar-refractivity contribution in [2.75, 3.05) is 24.7 Å². The molecule has 1 aromatic rings. The highest BCUT2D eigenvalue weighted by Gasteiger charge is 2.26. The van der Waals surface area contributed by atoms with Crippen LogP contribution in [0.25, 0.3) is 0 Å². The molecular formula is C12H20N4O3S2. The van der Waals surface area contributed by atoms with Crippen LogP contribution in [-0.2, 0) is 10.0 Å². The van der Waals surface area contributed by atoms with Crippen LogP contribution < -0.4 is 10.6 Å². The Bertz CT molecular complexity index is 607. The number of anilines is 1. The van der Waals surface area contributed by atoms with E-state index in [4.69, 9.17) is 0 Å². The van der Waals surface area contributed by atoms with E-state index in [1.54, 1.807) is 0 Å². The Labute approximate surface area is 128 Å². The highest BCUT2D eigenvalue weighted by Crippen LogP contribution is 2.21. The molecule has 0 saturated carbocycles. The minimum Gasteiger partial charge on any atom is -0.334 e. The van der Waals surface area contributed by atoms with Crippen molar-refractivity contribution in [2.45, 2.75) is 32.7 Å². The molecule has 0 aliphatic carbocycles. The van der Waals surface area contributed by atoms with Crippen LogP contribution in [0.3, 0.4) is 0 Å². The number of nitrogens with zero attached hydrogens (tertiary/aromatic N) is 2. The number of carbonyl (C=O) groups is 1. The van der Waals surface area contributed by atoms with Gasteiger partial charge in [0.05, 0.1) is 11.9 Å². The van der Waals surface area contributed by atoms with Gasteiger partial charge in [0.2, 0.25) is 10.0 Å². The van der Waals surface area contributed by atoms with E-state index in [1.165, 1.54) is 21.9 Å². The van der Waals surface area contributed by atoms with E-state index < -0.39 is 10.0 Å². The predicted octanol–water partition coefficient (Wildman–Crippen LogP) is 1.31. The Morgan fingerprint density at radius 3 is 2.71 bits per heavy atom. The normalized spacial score (nSPS) is 20.2. The van der Waals surface area contributed by atoms with Crippen LogP contribution in [0.5, 0.6) is 0 Å². The van der Waals surface area contributed by atoms with E-state index >= 15 is 0 Å². The number of aromatic nitrogens is 1. The van der Waals surface area contributed by atoms with Crippen LogP contribution in [0.2, 0.25) is 0 Å². The molecule has 0 radical (unpaired) electrons. The van der Waals surface area contributed by atoms with Gasteiger partial charge in [0.15, 0.2) is 5.13 Å². The van der Waals surface area contributed by atoms with Crippen molar-refractivity contribution in [1.29, 1.82) is 0 Å². The van der Waals surface area contributed by atoms with Crippen LogP contribution in [0, 0.1) is 13.8 Å². The number of urea groups is 1. The third kappa shape index (κ3) is 4.39. The van der Waals surface area contributed by atoms with E-state index in [-0.39, 0.29) is 12.1 Å². The summed E-state index contributed by atoms with van der Waals surface area (Å²) in [4.78, 5) is 17.2. The summed E-state index contributed by atoms with van der Waals surface area (Å²) in [5.74, 6) is 0. The van der Waals surface area contributed by atoms with Gasteiger partial charge in [0, 0.05) is 24.0 Å². The Hall–Kier alpha value is -1.19. The lowest BCUT2D eigenvalue weighted by Gasteiger charge is -2.31. The van der Waals surface area contributed by atoms with Gasteiger partial charge in [-0.25, -0.2) is 22.5 Å². The fraction of sp³-hybridized carbons (Fsp3) is 0.667. The second-order valence-corrected chi connectivity index (χ2v) is 8.40. The fourth-order valence-electron chi connectivity index (χ4n) is 2.21. The molecule has 2 heterocycles. The van der Waals surface area contributed by atoms with E-state index in [9.17, 15) is 13.2 Å². The van der Waals surface area contributed by atoms with Gasteiger partial charge < -0.3 is 5.32 Å². The highest BCUT2D eigenvalue weighted by molar-refractivity contribution is 7.88. The number of amides is 2. The fourth-order valence-corrected chi connectivity index (χ4v) is 3.93. The van der Waals surface area contributed by atoms with Crippen molar-refractivity contribution < 1.29 is 13.2 Å². The Balaban J connectivity index is 1.90. The number of piperidine rings is 1. The number of hydrogen-bond acceptors (Lipinski definition) is 5. The van der Waals surface area contributed by atoms with E-state index in [2.05, 4.69) is 15.6 Å². The van der Waals surface area contributed by atoms with E-state index in [0.29, 0.717) is 18.2 Å². The third-order valence-electron chi connectivity index (χ3n) is 3.44. The number of aryl methyl sites for hydroxylation is 2. The van der Waals surface area contributed by atoms with Crippen molar-refractivity contribution >= 4 is 32.5 Å². The smallest absolute Gasteiger partial charge is 0.321 e. The van der Waals surface area contributed by atoms with Gasteiger partial charge in [0.1, 0.15) is 0 Å². The molecular weight excluding hydrogens is 312 g/mol. The van der Waals surface area contributed by atoms with Crippen molar-refractivity contribution in [1.82, 2.24) is 14.6 Å². The maximum atomic E-state index is 11.9. The summed E-state index contributed by atoms with van der Waals surface area (Å²) in [6, 6.07) is -0.514. The maximum absolute atomic E-state index is 11.9. The zero-order valence-corrected chi connectivity index (χ0v) is 14.0. The largest absolute Gasteiger partial charge is 0.334 e. The maximum Gasteiger partial charge on any atom is 0.321 e. The molecule has 2 rings (SSSR count). The van der Waals surface area contributed by atoms with Gasteiger partial charge in [-0.15, -0.1) is 11.3 Å². The molecule has 0 aromatic carbocycles. The Morgan fingerprint density at radius 2 is 2.14 bits per heavy atom. The van der Waals surface area contributed by atoms with Gasteiger partial charge in [-0.3, -0.25) is 5.32 Å². The molecule has 1 aliphatic heterocycles. The molecule has 21 heavy (non-hydrogen) atoms. The second-order valence-electron chi connectivity index (χ2n) is 5.22. The van der Waals surface area contributed by atoms with Gasteiger partial charge in [-0.1, -0.05) is 0 Å². The lowest BCUT2D eigenvalue weighted by molar-refractivity contribution is 0.236. The molecule has 7 nitrogen and oxygen atoms in total. The molecule has 0 bridgehead atoms. The average molecular weight is 332 g/mol. The number of thiazole rings is 1. The number of rotatable bonds is 3. The first-order valence-electron chi connectivity index (χ1n) is 6.72. The molecule has 1 aromatic heterocycles. The minimum atomic E-state index is -3.20. The van der Waals surface area contributed by atoms with Gasteiger partial charge in [-0.2, -0.15) is 0 Å². The molecule has 2 amide bonds. The predicted molar refractivity (Wildman–Crippen MR) is 83.2 cm³/mol. The average Bonchev–Trinajstić information content (AvgIpc) is 2.67. The molecule has 118 valence electrons. The van der Waals surface area contributed by atoms with Crippen molar-refractivity contribution in [3.05, 3.63) is 10.6 Å². The summed E-state index contributed by atoms with van der Waals surface area (Å²) in [6.07, 6.45) is 2.71. The van der Waals surface area contributed by atoms with Gasteiger partial charge in [0.25, 0.3) is 0 Å². The SMILES string of the molecule is Cc1nc(NC(=O)NC2CCCN(S(C)(=O)=O)C2)sc1C. The van der Waals surface area contributed by atoms with Crippen LogP contribution in [0.1, 0.15) is 23.4 Å². The standard InChI is InChI=1S/C12H20N4O3S2/c1-8-9(2)20-12(13-8)15-11(17)14-10-5-4-6-16(7-10)21(3,18)19/h10H,4-7H2,1-3H3,(H2,13,14,15,17). The van der Waals surface area contributed by atoms with Crippen LogP contribution in [0.15, 0.2) is 0 Å². The van der Waals surface area contributed by atoms with Crippen LogP contribution in [-0.4, -0.2) is 49.1 Å². The van der Waals surface area contributed by atoms with Gasteiger partial charge in [-0.05, 0) is 26.7 Å². The second kappa shape index (κ2) is 6.29. The number of nitrogens with one attached hydrogen (secondary N) is 2. The number of carbonyl (C=O) groups excluding carboxylic acids is 1. The molecule has 1 fully saturated rings. The molecule has 1 aliphatic rings. The van der Waals surface area contributed by atoms with Crippen molar-refractivity contribution in [2.24, 2.45) is 0 Å². The molecule has 1 saturated heterocycles. The molecule has 1 atom stereocenters. The summed E-state index contributed by atoms with van der Waals surface area (Å²) in [5, 5.41) is 6.06. The first kappa shape index (κ1) is 16.2. The Morgan fingerprint density at radius 1 is 1.43 bits per heavy atom. The molecule has 9 heteroatoms. The number of hydrogen-bond donors (Lipinski definition) is 2. The number of sulfonamides is 1. The lowest BCUT2D eigenvalue weighted by atomic mass is 10.1. The van der Waals surface area contributed by atoms with Gasteiger partial charge >= 0.3 is 6.03 Å². The quantitative estimate of drug-likeness (QED) is 0.873. The third-order valence-corrected chi connectivity index (χ3v) is 5.70. The summed E-state index contributed by atoms with van der Waals surface area (Å²) in [6.45, 7) is 4.67. The first-order valence-corrected chi connectivity index (χ1v) is 9.39. The zero-order chi connectivity index (χ0) is 15.6. The zero-order valence-electron chi connectivity index (χ0n) is 12.3. The topological polar surface area (TPSA) is 91.4 Å². The molecule has 2 N–H and O–H groups in total. The molecule has 0 spiro atoms. The van der Waals surface area contributed by atoms with Crippen molar-refractivity contribution in [3.8, 4) is 0 Å². The van der Waals surface area contributed by atoms with Crippen molar-refractivity contribution in [3.63, 3.8) is 0 Å². The molecule has 1 unspecified atom stereocenters. The first-order chi connectivity index (χ1) is 9.75.